The van der Waals surface area contributed by atoms with E-state index in [4.69, 9.17) is 14.7 Å². The van der Waals surface area contributed by atoms with Crippen molar-refractivity contribution >= 4 is 17.6 Å². The number of carbonyl (C=O) groups excluding carboxylic acids is 2. The molecule has 1 aliphatic rings. The molecule has 2 aromatic carbocycles. The molecule has 6 heteroatoms. The standard InChI is InChI=1S/C21H20N2O4/c1-14-7-8-19(26-2)18(9-14)23-12-17(10-20(23)24)21(25)27-13-16-6-4-3-5-15(16)11-22/h3-9,17H,10,12-13H2,1-2H3/t17-/m1/s1. The fraction of sp³-hybridized carbons (Fsp3) is 0.286. The molecular formula is C21H20N2O4. The first-order valence-corrected chi connectivity index (χ1v) is 8.63. The number of hydrogen-bond donors (Lipinski definition) is 0. The number of methoxy groups -OCH3 is 1. The van der Waals surface area contributed by atoms with E-state index in [9.17, 15) is 9.59 Å². The minimum Gasteiger partial charge on any atom is -0.495 e. The number of aryl methyl sites for hydroxylation is 1. The number of carbonyl (C=O) groups is 2. The normalized spacial score (nSPS) is 16.1. The highest BCUT2D eigenvalue weighted by atomic mass is 16.5. The molecule has 3 rings (SSSR count). The van der Waals surface area contributed by atoms with Gasteiger partial charge in [-0.2, -0.15) is 5.26 Å². The van der Waals surface area contributed by atoms with Crippen LogP contribution in [0.4, 0.5) is 5.69 Å². The molecule has 0 aromatic heterocycles. The van der Waals surface area contributed by atoms with E-state index in [1.807, 2.05) is 25.1 Å². The van der Waals surface area contributed by atoms with E-state index in [1.165, 1.54) is 0 Å². The van der Waals surface area contributed by atoms with Crippen LogP contribution in [0, 0.1) is 24.2 Å². The number of nitrogens with zero attached hydrogens (tertiary/aromatic N) is 2. The van der Waals surface area contributed by atoms with Crippen LogP contribution >= 0.6 is 0 Å². The van der Waals surface area contributed by atoms with Crippen molar-refractivity contribution in [3.63, 3.8) is 0 Å². The third-order valence-electron chi connectivity index (χ3n) is 4.59. The second kappa shape index (κ2) is 7.92. The first kappa shape index (κ1) is 18.5. The van der Waals surface area contributed by atoms with Gasteiger partial charge in [0.15, 0.2) is 0 Å². The monoisotopic (exact) mass is 364 g/mol. The fourth-order valence-corrected chi connectivity index (χ4v) is 3.13. The zero-order valence-electron chi connectivity index (χ0n) is 15.3. The van der Waals surface area contributed by atoms with Crippen LogP contribution < -0.4 is 9.64 Å². The third kappa shape index (κ3) is 3.93. The number of rotatable bonds is 5. The van der Waals surface area contributed by atoms with Gasteiger partial charge in [0.25, 0.3) is 0 Å². The maximum Gasteiger partial charge on any atom is 0.311 e. The predicted octanol–water partition coefficient (Wildman–Crippen LogP) is 2.97. The van der Waals surface area contributed by atoms with Gasteiger partial charge in [-0.25, -0.2) is 0 Å². The molecule has 0 unspecified atom stereocenters. The highest BCUT2D eigenvalue weighted by Crippen LogP contribution is 2.34. The van der Waals surface area contributed by atoms with E-state index < -0.39 is 11.9 Å². The Morgan fingerprint density at radius 1 is 1.30 bits per heavy atom. The molecule has 1 amide bonds. The smallest absolute Gasteiger partial charge is 0.311 e. The molecule has 6 nitrogen and oxygen atoms in total. The van der Waals surface area contributed by atoms with Crippen molar-refractivity contribution in [2.24, 2.45) is 5.92 Å². The van der Waals surface area contributed by atoms with Crippen molar-refractivity contribution < 1.29 is 19.1 Å². The number of hydrogen-bond acceptors (Lipinski definition) is 5. The van der Waals surface area contributed by atoms with Crippen LogP contribution in [0.3, 0.4) is 0 Å². The van der Waals surface area contributed by atoms with Gasteiger partial charge < -0.3 is 14.4 Å². The molecule has 0 radical (unpaired) electrons. The van der Waals surface area contributed by atoms with Gasteiger partial charge in [0.05, 0.1) is 30.3 Å². The minimum absolute atomic E-state index is 0.0149. The van der Waals surface area contributed by atoms with Crippen molar-refractivity contribution in [3.8, 4) is 11.8 Å². The number of benzene rings is 2. The molecule has 1 aliphatic heterocycles. The van der Waals surface area contributed by atoms with Gasteiger partial charge in [0.2, 0.25) is 5.91 Å². The van der Waals surface area contributed by atoms with Crippen LogP contribution in [0.2, 0.25) is 0 Å². The summed E-state index contributed by atoms with van der Waals surface area (Å²) in [5.74, 6) is -0.536. The van der Waals surface area contributed by atoms with E-state index >= 15 is 0 Å². The molecule has 0 spiro atoms. The van der Waals surface area contributed by atoms with Crippen LogP contribution in [0.5, 0.6) is 5.75 Å². The Balaban J connectivity index is 1.69. The summed E-state index contributed by atoms with van der Waals surface area (Å²) in [7, 11) is 1.55. The average Bonchev–Trinajstić information content (AvgIpc) is 3.07. The van der Waals surface area contributed by atoms with Gasteiger partial charge in [-0.3, -0.25) is 9.59 Å². The SMILES string of the molecule is COc1ccc(C)cc1N1C[C@H](C(=O)OCc2ccccc2C#N)CC1=O. The maximum atomic E-state index is 12.5. The number of esters is 1. The van der Waals surface area contributed by atoms with Crippen molar-refractivity contribution in [2.75, 3.05) is 18.6 Å². The Morgan fingerprint density at radius 2 is 2.07 bits per heavy atom. The molecule has 1 fully saturated rings. The molecule has 27 heavy (non-hydrogen) atoms. The minimum atomic E-state index is -0.544. The summed E-state index contributed by atoms with van der Waals surface area (Å²) in [5, 5.41) is 9.11. The molecule has 1 atom stereocenters. The van der Waals surface area contributed by atoms with Crippen molar-refractivity contribution in [2.45, 2.75) is 20.0 Å². The molecule has 0 bridgehead atoms. The maximum absolute atomic E-state index is 12.5. The molecule has 1 saturated heterocycles. The Morgan fingerprint density at radius 3 is 2.81 bits per heavy atom. The summed E-state index contributed by atoms with van der Waals surface area (Å²) in [6, 6.07) is 14.6. The topological polar surface area (TPSA) is 79.6 Å². The van der Waals surface area contributed by atoms with E-state index in [1.54, 1.807) is 36.3 Å². The quantitative estimate of drug-likeness (QED) is 0.762. The van der Waals surface area contributed by atoms with Crippen LogP contribution in [-0.2, 0) is 20.9 Å². The highest BCUT2D eigenvalue weighted by molar-refractivity contribution is 6.00. The molecule has 138 valence electrons. The van der Waals surface area contributed by atoms with E-state index in [0.717, 1.165) is 5.56 Å². The molecule has 0 aliphatic carbocycles. The molecule has 0 saturated carbocycles. The zero-order valence-corrected chi connectivity index (χ0v) is 15.3. The van der Waals surface area contributed by atoms with Crippen molar-refractivity contribution in [1.29, 1.82) is 5.26 Å². The van der Waals surface area contributed by atoms with E-state index in [2.05, 4.69) is 6.07 Å². The number of nitriles is 1. The summed E-state index contributed by atoms with van der Waals surface area (Å²) < 4.78 is 10.7. The van der Waals surface area contributed by atoms with Gasteiger partial charge in [-0.1, -0.05) is 24.3 Å². The Kier molecular flexibility index (Phi) is 5.41. The lowest BCUT2D eigenvalue weighted by atomic mass is 10.1. The summed E-state index contributed by atoms with van der Waals surface area (Å²) in [6.07, 6.45) is 0.0931. The van der Waals surface area contributed by atoms with Gasteiger partial charge >= 0.3 is 5.97 Å². The summed E-state index contributed by atoms with van der Waals surface area (Å²) in [5.41, 5.74) is 2.78. The second-order valence-corrected chi connectivity index (χ2v) is 6.46. The van der Waals surface area contributed by atoms with Crippen LogP contribution in [0.25, 0.3) is 0 Å². The predicted molar refractivity (Wildman–Crippen MR) is 99.1 cm³/mol. The average molecular weight is 364 g/mol. The molecule has 0 N–H and O–H groups in total. The number of amides is 1. The number of ether oxygens (including phenoxy) is 2. The number of anilines is 1. The van der Waals surface area contributed by atoms with Crippen LogP contribution in [0.1, 0.15) is 23.1 Å². The van der Waals surface area contributed by atoms with Gasteiger partial charge in [-0.05, 0) is 30.7 Å². The zero-order chi connectivity index (χ0) is 19.4. The lowest BCUT2D eigenvalue weighted by molar-refractivity contribution is -0.149. The third-order valence-corrected chi connectivity index (χ3v) is 4.59. The van der Waals surface area contributed by atoms with Crippen LogP contribution in [-0.4, -0.2) is 25.5 Å². The van der Waals surface area contributed by atoms with Crippen molar-refractivity contribution in [3.05, 3.63) is 59.2 Å². The summed E-state index contributed by atoms with van der Waals surface area (Å²) in [6.45, 7) is 2.19. The Bertz CT molecular complexity index is 917. The molecular weight excluding hydrogens is 344 g/mol. The van der Waals surface area contributed by atoms with Crippen LogP contribution in [0.15, 0.2) is 42.5 Å². The highest BCUT2D eigenvalue weighted by Gasteiger charge is 2.37. The molecule has 2 aromatic rings. The first-order valence-electron chi connectivity index (χ1n) is 8.63. The summed E-state index contributed by atoms with van der Waals surface area (Å²) >= 11 is 0. The van der Waals surface area contributed by atoms with Crippen molar-refractivity contribution in [1.82, 2.24) is 0 Å². The largest absolute Gasteiger partial charge is 0.495 e. The van der Waals surface area contributed by atoms with Gasteiger partial charge in [-0.15, -0.1) is 0 Å². The van der Waals surface area contributed by atoms with Gasteiger partial charge in [0, 0.05) is 18.5 Å². The van der Waals surface area contributed by atoms with E-state index in [0.29, 0.717) is 22.6 Å². The lowest BCUT2D eigenvalue weighted by Gasteiger charge is -2.20. The first-order chi connectivity index (χ1) is 13.0. The molecule has 1 heterocycles. The lowest BCUT2D eigenvalue weighted by Crippen LogP contribution is -2.27. The second-order valence-electron chi connectivity index (χ2n) is 6.46. The van der Waals surface area contributed by atoms with E-state index in [-0.39, 0.29) is 25.5 Å². The van der Waals surface area contributed by atoms with Gasteiger partial charge in [0.1, 0.15) is 12.4 Å². The fourth-order valence-electron chi connectivity index (χ4n) is 3.13. The Labute approximate surface area is 157 Å². The Hall–Kier alpha value is -3.33. The summed E-state index contributed by atoms with van der Waals surface area (Å²) in [4.78, 5) is 26.5.